The number of rotatable bonds is 3. The van der Waals surface area contributed by atoms with Crippen LogP contribution in [-0.2, 0) is 6.42 Å². The predicted octanol–water partition coefficient (Wildman–Crippen LogP) is 2.86. The summed E-state index contributed by atoms with van der Waals surface area (Å²) in [5.74, 6) is 1.27. The molecule has 0 aliphatic heterocycles. The SMILES string of the molecule is O=c1[nH]c(CCCCl)nc2ccc(Br)cc12. The van der Waals surface area contributed by atoms with Crippen molar-refractivity contribution < 1.29 is 0 Å². The molecular formula is C11H10BrClN2O. The molecule has 1 N–H and O–H groups in total. The molecular weight excluding hydrogens is 291 g/mol. The highest BCUT2D eigenvalue weighted by Crippen LogP contribution is 2.15. The van der Waals surface area contributed by atoms with E-state index in [1.54, 1.807) is 6.07 Å². The standard InChI is InChI=1S/C11H10BrClN2O/c12-7-3-4-9-8(6-7)11(16)15-10(14-9)2-1-5-13/h3-4,6H,1-2,5H2,(H,14,15,16). The minimum Gasteiger partial charge on any atom is -0.310 e. The van der Waals surface area contributed by atoms with Crippen molar-refractivity contribution in [3.63, 3.8) is 0 Å². The third-order valence-corrected chi connectivity index (χ3v) is 3.02. The molecule has 0 unspecified atom stereocenters. The number of aryl methyl sites for hydroxylation is 1. The van der Waals surface area contributed by atoms with Crippen LogP contribution in [0.15, 0.2) is 27.5 Å². The van der Waals surface area contributed by atoms with Crippen molar-refractivity contribution in [2.75, 3.05) is 5.88 Å². The monoisotopic (exact) mass is 300 g/mol. The third kappa shape index (κ3) is 2.44. The van der Waals surface area contributed by atoms with E-state index in [2.05, 4.69) is 25.9 Å². The van der Waals surface area contributed by atoms with Crippen LogP contribution in [0, 0.1) is 0 Å². The van der Waals surface area contributed by atoms with E-state index in [0.29, 0.717) is 23.5 Å². The first kappa shape index (κ1) is 11.6. The number of benzene rings is 1. The van der Waals surface area contributed by atoms with Gasteiger partial charge in [0.2, 0.25) is 0 Å². The predicted molar refractivity (Wildman–Crippen MR) is 69.1 cm³/mol. The van der Waals surface area contributed by atoms with Crippen LogP contribution in [0.25, 0.3) is 10.9 Å². The van der Waals surface area contributed by atoms with Gasteiger partial charge in [-0.3, -0.25) is 4.79 Å². The molecule has 1 heterocycles. The lowest BCUT2D eigenvalue weighted by molar-refractivity contribution is 0.841. The lowest BCUT2D eigenvalue weighted by Crippen LogP contribution is -2.12. The average molecular weight is 302 g/mol. The smallest absolute Gasteiger partial charge is 0.258 e. The molecule has 84 valence electrons. The molecule has 1 aromatic carbocycles. The number of aromatic amines is 1. The lowest BCUT2D eigenvalue weighted by Gasteiger charge is -2.02. The van der Waals surface area contributed by atoms with Gasteiger partial charge in [-0.15, -0.1) is 11.6 Å². The zero-order valence-electron chi connectivity index (χ0n) is 8.46. The molecule has 0 saturated carbocycles. The van der Waals surface area contributed by atoms with Crippen LogP contribution in [0.2, 0.25) is 0 Å². The number of aromatic nitrogens is 2. The van der Waals surface area contributed by atoms with E-state index in [4.69, 9.17) is 11.6 Å². The van der Waals surface area contributed by atoms with Crippen LogP contribution in [0.4, 0.5) is 0 Å². The van der Waals surface area contributed by atoms with Crippen molar-refractivity contribution in [2.45, 2.75) is 12.8 Å². The van der Waals surface area contributed by atoms with Gasteiger partial charge < -0.3 is 4.98 Å². The topological polar surface area (TPSA) is 45.8 Å². The summed E-state index contributed by atoms with van der Waals surface area (Å²) in [5.41, 5.74) is 0.618. The molecule has 2 rings (SSSR count). The first-order chi connectivity index (χ1) is 7.70. The summed E-state index contributed by atoms with van der Waals surface area (Å²) in [5, 5.41) is 0.601. The van der Waals surface area contributed by atoms with E-state index >= 15 is 0 Å². The van der Waals surface area contributed by atoms with Crippen LogP contribution in [0.5, 0.6) is 0 Å². The van der Waals surface area contributed by atoms with Crippen molar-refractivity contribution >= 4 is 38.4 Å². The second-order valence-electron chi connectivity index (χ2n) is 3.47. The van der Waals surface area contributed by atoms with Crippen LogP contribution in [0.3, 0.4) is 0 Å². The Morgan fingerprint density at radius 2 is 2.25 bits per heavy atom. The normalized spacial score (nSPS) is 10.9. The summed E-state index contributed by atoms with van der Waals surface area (Å²) < 4.78 is 0.876. The quantitative estimate of drug-likeness (QED) is 0.886. The Labute approximate surface area is 106 Å². The Morgan fingerprint density at radius 1 is 1.44 bits per heavy atom. The summed E-state index contributed by atoms with van der Waals surface area (Å²) >= 11 is 8.93. The molecule has 0 aliphatic carbocycles. The maximum atomic E-state index is 11.8. The van der Waals surface area contributed by atoms with Crippen molar-refractivity contribution in [1.29, 1.82) is 0 Å². The Kier molecular flexibility index (Phi) is 3.61. The molecule has 0 atom stereocenters. The number of halogens is 2. The molecule has 5 heteroatoms. The number of nitrogens with one attached hydrogen (secondary N) is 1. The molecule has 0 spiro atoms. The molecule has 0 fully saturated rings. The van der Waals surface area contributed by atoms with Gasteiger partial charge >= 0.3 is 0 Å². The number of alkyl halides is 1. The minimum absolute atomic E-state index is 0.101. The highest BCUT2D eigenvalue weighted by Gasteiger charge is 2.03. The van der Waals surface area contributed by atoms with Gasteiger partial charge in [-0.2, -0.15) is 0 Å². The van der Waals surface area contributed by atoms with Gasteiger partial charge in [-0.1, -0.05) is 15.9 Å². The van der Waals surface area contributed by atoms with Crippen LogP contribution in [-0.4, -0.2) is 15.8 Å². The first-order valence-corrected chi connectivity index (χ1v) is 6.28. The van der Waals surface area contributed by atoms with Crippen molar-refractivity contribution in [2.24, 2.45) is 0 Å². The van der Waals surface area contributed by atoms with E-state index < -0.39 is 0 Å². The Bertz CT molecular complexity index is 567. The maximum absolute atomic E-state index is 11.8. The maximum Gasteiger partial charge on any atom is 0.258 e. The third-order valence-electron chi connectivity index (χ3n) is 2.26. The summed E-state index contributed by atoms with van der Waals surface area (Å²) in [6, 6.07) is 5.48. The fraction of sp³-hybridized carbons (Fsp3) is 0.273. The fourth-order valence-corrected chi connectivity index (χ4v) is 2.01. The highest BCUT2D eigenvalue weighted by molar-refractivity contribution is 9.10. The molecule has 3 nitrogen and oxygen atoms in total. The number of nitrogens with zero attached hydrogens (tertiary/aromatic N) is 1. The minimum atomic E-state index is -0.101. The summed E-state index contributed by atoms with van der Waals surface area (Å²) in [4.78, 5) is 18.9. The van der Waals surface area contributed by atoms with Gasteiger partial charge in [0.15, 0.2) is 0 Å². The van der Waals surface area contributed by atoms with E-state index in [-0.39, 0.29) is 5.56 Å². The highest BCUT2D eigenvalue weighted by atomic mass is 79.9. The van der Waals surface area contributed by atoms with E-state index in [1.165, 1.54) is 0 Å². The van der Waals surface area contributed by atoms with Gasteiger partial charge in [-0.05, 0) is 24.6 Å². The van der Waals surface area contributed by atoms with Crippen LogP contribution < -0.4 is 5.56 Å². The second-order valence-corrected chi connectivity index (χ2v) is 4.76. The van der Waals surface area contributed by atoms with Gasteiger partial charge in [0.25, 0.3) is 5.56 Å². The van der Waals surface area contributed by atoms with Crippen molar-refractivity contribution in [3.05, 3.63) is 38.9 Å². The number of H-pyrrole nitrogens is 1. The Morgan fingerprint density at radius 3 is 3.00 bits per heavy atom. The van der Waals surface area contributed by atoms with Crippen molar-refractivity contribution in [1.82, 2.24) is 9.97 Å². The molecule has 16 heavy (non-hydrogen) atoms. The number of hydrogen-bond donors (Lipinski definition) is 1. The molecule has 0 bridgehead atoms. The zero-order chi connectivity index (χ0) is 11.5. The Balaban J connectivity index is 2.51. The molecule has 0 radical (unpaired) electrons. The molecule has 0 amide bonds. The largest absolute Gasteiger partial charge is 0.310 e. The fourth-order valence-electron chi connectivity index (χ4n) is 1.51. The molecule has 0 saturated heterocycles. The van der Waals surface area contributed by atoms with Gasteiger partial charge in [-0.25, -0.2) is 4.98 Å². The summed E-state index contributed by atoms with van der Waals surface area (Å²) in [7, 11) is 0. The second kappa shape index (κ2) is 4.97. The summed E-state index contributed by atoms with van der Waals surface area (Å²) in [6.45, 7) is 0. The van der Waals surface area contributed by atoms with E-state index in [0.717, 1.165) is 16.4 Å². The summed E-state index contributed by atoms with van der Waals surface area (Å²) in [6.07, 6.45) is 1.51. The van der Waals surface area contributed by atoms with Gasteiger partial charge in [0.1, 0.15) is 5.82 Å². The zero-order valence-corrected chi connectivity index (χ0v) is 10.8. The molecule has 2 aromatic rings. The van der Waals surface area contributed by atoms with E-state index in [1.807, 2.05) is 12.1 Å². The molecule has 1 aromatic heterocycles. The van der Waals surface area contributed by atoms with Crippen LogP contribution >= 0.6 is 27.5 Å². The average Bonchev–Trinajstić information content (AvgIpc) is 2.27. The Hall–Kier alpha value is -0.870. The van der Waals surface area contributed by atoms with Crippen LogP contribution in [0.1, 0.15) is 12.2 Å². The van der Waals surface area contributed by atoms with Gasteiger partial charge in [0.05, 0.1) is 10.9 Å². The lowest BCUT2D eigenvalue weighted by atomic mass is 10.2. The van der Waals surface area contributed by atoms with Crippen molar-refractivity contribution in [3.8, 4) is 0 Å². The van der Waals surface area contributed by atoms with E-state index in [9.17, 15) is 4.79 Å². The van der Waals surface area contributed by atoms with Gasteiger partial charge in [0, 0.05) is 16.8 Å². The number of fused-ring (bicyclic) bond motifs is 1. The first-order valence-electron chi connectivity index (χ1n) is 4.95. The number of hydrogen-bond acceptors (Lipinski definition) is 2. The molecule has 0 aliphatic rings.